The maximum absolute atomic E-state index is 11.4. The summed E-state index contributed by atoms with van der Waals surface area (Å²) in [6.07, 6.45) is 5.86. The Balaban J connectivity index is 1.93. The first-order chi connectivity index (χ1) is 10.3. The van der Waals surface area contributed by atoms with Gasteiger partial charge in [0, 0.05) is 37.5 Å². The lowest BCUT2D eigenvalue weighted by Gasteiger charge is -2.34. The van der Waals surface area contributed by atoms with Gasteiger partial charge in [0.05, 0.1) is 5.69 Å². The van der Waals surface area contributed by atoms with Crippen molar-refractivity contribution in [3.05, 3.63) is 18.1 Å². The van der Waals surface area contributed by atoms with E-state index in [-0.39, 0.29) is 11.3 Å². The number of aromatic nitrogens is 2. The number of amides is 1. The van der Waals surface area contributed by atoms with Crippen LogP contribution >= 0.6 is 0 Å². The van der Waals surface area contributed by atoms with Gasteiger partial charge in [-0.1, -0.05) is 20.8 Å². The zero-order chi connectivity index (χ0) is 16.3. The summed E-state index contributed by atoms with van der Waals surface area (Å²) in [4.78, 5) is 22.0. The molecule has 0 atom stereocenters. The summed E-state index contributed by atoms with van der Waals surface area (Å²) >= 11 is 0. The first kappa shape index (κ1) is 16.7. The van der Waals surface area contributed by atoms with Crippen LogP contribution in [0.1, 0.15) is 59.1 Å². The van der Waals surface area contributed by atoms with Crippen molar-refractivity contribution >= 4 is 11.7 Å². The molecule has 0 unspecified atom stereocenters. The fourth-order valence-electron chi connectivity index (χ4n) is 2.92. The second-order valence-electron chi connectivity index (χ2n) is 7.32. The number of hydrogen-bond acceptors (Lipinski definition) is 4. The number of anilines is 1. The molecule has 1 aliphatic carbocycles. The highest BCUT2D eigenvalue weighted by atomic mass is 16.2. The van der Waals surface area contributed by atoms with Gasteiger partial charge in [0.2, 0.25) is 5.91 Å². The molecule has 1 fully saturated rings. The average Bonchev–Trinajstić information content (AvgIpc) is 2.46. The van der Waals surface area contributed by atoms with Crippen LogP contribution < -0.4 is 5.32 Å². The lowest BCUT2D eigenvalue weighted by Crippen LogP contribution is -2.40. The van der Waals surface area contributed by atoms with E-state index in [1.807, 2.05) is 18.0 Å². The summed E-state index contributed by atoms with van der Waals surface area (Å²) in [5.74, 6) is 1.06. The van der Waals surface area contributed by atoms with Crippen LogP contribution in [0.4, 0.5) is 5.82 Å². The van der Waals surface area contributed by atoms with Crippen LogP contribution in [-0.2, 0) is 10.2 Å². The van der Waals surface area contributed by atoms with Gasteiger partial charge in [0.15, 0.2) is 0 Å². The molecule has 1 aromatic heterocycles. The zero-order valence-corrected chi connectivity index (χ0v) is 14.4. The summed E-state index contributed by atoms with van der Waals surface area (Å²) in [5.41, 5.74) is 1.08. The van der Waals surface area contributed by atoms with Gasteiger partial charge in [-0.05, 0) is 25.7 Å². The molecule has 0 bridgehead atoms. The highest BCUT2D eigenvalue weighted by Gasteiger charge is 2.25. The van der Waals surface area contributed by atoms with E-state index in [1.165, 1.54) is 0 Å². The van der Waals surface area contributed by atoms with Crippen LogP contribution in [0.2, 0.25) is 0 Å². The second kappa shape index (κ2) is 6.63. The minimum atomic E-state index is 0.0290. The van der Waals surface area contributed by atoms with Crippen LogP contribution in [0.15, 0.2) is 12.4 Å². The van der Waals surface area contributed by atoms with Crippen molar-refractivity contribution in [2.24, 2.45) is 0 Å². The van der Waals surface area contributed by atoms with Gasteiger partial charge in [-0.15, -0.1) is 0 Å². The lowest BCUT2D eigenvalue weighted by molar-refractivity contribution is -0.130. The number of nitrogens with zero attached hydrogens (tertiary/aromatic N) is 3. The minimum Gasteiger partial charge on any atom is -0.367 e. The quantitative estimate of drug-likeness (QED) is 0.932. The Morgan fingerprint density at radius 3 is 2.41 bits per heavy atom. The fraction of sp³-hybridized carbons (Fsp3) is 0.706. The third-order valence-electron chi connectivity index (χ3n) is 4.53. The normalized spacial score (nSPS) is 22.2. The number of hydrogen-bond donors (Lipinski definition) is 1. The molecule has 122 valence electrons. The van der Waals surface area contributed by atoms with E-state index in [4.69, 9.17) is 0 Å². The molecule has 1 heterocycles. The Morgan fingerprint density at radius 2 is 1.86 bits per heavy atom. The number of nitrogens with one attached hydrogen (secondary N) is 1. The largest absolute Gasteiger partial charge is 0.367 e. The third kappa shape index (κ3) is 4.18. The van der Waals surface area contributed by atoms with Crippen molar-refractivity contribution in [2.75, 3.05) is 12.4 Å². The van der Waals surface area contributed by atoms with Gasteiger partial charge in [-0.3, -0.25) is 4.79 Å². The number of rotatable bonds is 3. The molecule has 1 aromatic rings. The first-order valence-electron chi connectivity index (χ1n) is 8.10. The van der Waals surface area contributed by atoms with Crippen molar-refractivity contribution in [1.29, 1.82) is 0 Å². The van der Waals surface area contributed by atoms with E-state index in [0.717, 1.165) is 37.2 Å². The van der Waals surface area contributed by atoms with Crippen molar-refractivity contribution in [2.45, 2.75) is 70.9 Å². The Kier molecular flexibility index (Phi) is 5.04. The Labute approximate surface area is 133 Å². The zero-order valence-electron chi connectivity index (χ0n) is 14.4. The molecule has 1 aliphatic rings. The molecule has 0 saturated heterocycles. The predicted molar refractivity (Wildman–Crippen MR) is 88.8 cm³/mol. The predicted octanol–water partition coefficient (Wildman–Crippen LogP) is 2.98. The van der Waals surface area contributed by atoms with E-state index in [1.54, 1.807) is 13.3 Å². The monoisotopic (exact) mass is 304 g/mol. The van der Waals surface area contributed by atoms with Crippen LogP contribution in [-0.4, -0.2) is 39.9 Å². The highest BCUT2D eigenvalue weighted by molar-refractivity contribution is 5.73. The molecule has 22 heavy (non-hydrogen) atoms. The van der Waals surface area contributed by atoms with E-state index >= 15 is 0 Å². The van der Waals surface area contributed by atoms with Crippen molar-refractivity contribution in [3.8, 4) is 0 Å². The van der Waals surface area contributed by atoms with E-state index in [0.29, 0.717) is 12.1 Å². The SMILES string of the molecule is CC(=O)N(C)[C@H]1CC[C@@H](Nc2cc(C(C)(C)C)ncn2)CC1. The first-order valence-corrected chi connectivity index (χ1v) is 8.10. The van der Waals surface area contributed by atoms with Gasteiger partial charge in [-0.2, -0.15) is 0 Å². The summed E-state index contributed by atoms with van der Waals surface area (Å²) in [6.45, 7) is 8.10. The maximum Gasteiger partial charge on any atom is 0.219 e. The van der Waals surface area contributed by atoms with Crippen molar-refractivity contribution in [1.82, 2.24) is 14.9 Å². The minimum absolute atomic E-state index is 0.0290. The standard InChI is InChI=1S/C17H28N4O/c1-12(22)21(5)14-8-6-13(7-9-14)20-16-10-15(17(2,3)4)18-11-19-16/h10-11,13-14H,6-9H2,1-5H3,(H,18,19,20)/t13-,14+. The molecule has 1 saturated carbocycles. The Hall–Kier alpha value is -1.65. The summed E-state index contributed by atoms with van der Waals surface area (Å²) < 4.78 is 0. The molecule has 0 spiro atoms. The molecule has 2 rings (SSSR count). The van der Waals surface area contributed by atoms with Gasteiger partial charge < -0.3 is 10.2 Å². The highest BCUT2D eigenvalue weighted by Crippen LogP contribution is 2.26. The molecule has 1 N–H and O–H groups in total. The fourth-order valence-corrected chi connectivity index (χ4v) is 2.92. The molecular weight excluding hydrogens is 276 g/mol. The Morgan fingerprint density at radius 1 is 1.23 bits per heavy atom. The van der Waals surface area contributed by atoms with E-state index in [9.17, 15) is 4.79 Å². The Bertz CT molecular complexity index is 516. The smallest absolute Gasteiger partial charge is 0.219 e. The molecular formula is C17H28N4O. The number of carbonyl (C=O) groups is 1. The van der Waals surface area contributed by atoms with Gasteiger partial charge in [-0.25, -0.2) is 9.97 Å². The van der Waals surface area contributed by atoms with Gasteiger partial charge in [0.25, 0.3) is 0 Å². The maximum atomic E-state index is 11.4. The molecule has 0 radical (unpaired) electrons. The van der Waals surface area contributed by atoms with Crippen LogP contribution in [0.3, 0.4) is 0 Å². The van der Waals surface area contributed by atoms with Crippen LogP contribution in [0.5, 0.6) is 0 Å². The van der Waals surface area contributed by atoms with E-state index < -0.39 is 0 Å². The van der Waals surface area contributed by atoms with Gasteiger partial charge >= 0.3 is 0 Å². The summed E-state index contributed by atoms with van der Waals surface area (Å²) in [6, 6.07) is 2.86. The summed E-state index contributed by atoms with van der Waals surface area (Å²) in [7, 11) is 1.90. The number of carbonyl (C=O) groups excluding carboxylic acids is 1. The second-order valence-corrected chi connectivity index (χ2v) is 7.32. The molecule has 0 aromatic carbocycles. The van der Waals surface area contributed by atoms with Gasteiger partial charge in [0.1, 0.15) is 12.1 Å². The molecule has 1 amide bonds. The summed E-state index contributed by atoms with van der Waals surface area (Å²) in [5, 5.41) is 3.53. The topological polar surface area (TPSA) is 58.1 Å². The van der Waals surface area contributed by atoms with Crippen molar-refractivity contribution in [3.63, 3.8) is 0 Å². The van der Waals surface area contributed by atoms with Crippen LogP contribution in [0.25, 0.3) is 0 Å². The third-order valence-corrected chi connectivity index (χ3v) is 4.53. The lowest BCUT2D eigenvalue weighted by atomic mass is 9.90. The molecule has 0 aliphatic heterocycles. The van der Waals surface area contributed by atoms with Crippen molar-refractivity contribution < 1.29 is 4.79 Å². The van der Waals surface area contributed by atoms with Crippen LogP contribution in [0, 0.1) is 0 Å². The molecule has 5 nitrogen and oxygen atoms in total. The van der Waals surface area contributed by atoms with E-state index in [2.05, 4.69) is 36.1 Å². The molecule has 5 heteroatoms. The average molecular weight is 304 g/mol.